The van der Waals surface area contributed by atoms with Crippen LogP contribution in [0.3, 0.4) is 0 Å². The molecule has 0 spiro atoms. The maximum absolute atomic E-state index is 11.5. The van der Waals surface area contributed by atoms with Crippen molar-refractivity contribution in [2.24, 2.45) is 0 Å². The van der Waals surface area contributed by atoms with Crippen LogP contribution in [0.2, 0.25) is 5.02 Å². The van der Waals surface area contributed by atoms with Crippen LogP contribution < -0.4 is 5.32 Å². The molecule has 1 rings (SSSR count). The van der Waals surface area contributed by atoms with Crippen LogP contribution in [-0.4, -0.2) is 31.4 Å². The first-order chi connectivity index (χ1) is 8.52. The van der Waals surface area contributed by atoms with Crippen LogP contribution >= 0.6 is 11.6 Å². The molecule has 0 aromatic heterocycles. The first-order valence-electron chi connectivity index (χ1n) is 5.59. The zero-order chi connectivity index (χ0) is 13.5. The van der Waals surface area contributed by atoms with Crippen molar-refractivity contribution in [2.45, 2.75) is 12.5 Å². The molecule has 1 N–H and O–H groups in total. The van der Waals surface area contributed by atoms with Gasteiger partial charge in [-0.2, -0.15) is 5.26 Å². The number of nitrogens with one attached hydrogen (secondary N) is 1. The molecule has 0 aliphatic heterocycles. The molecule has 1 aromatic rings. The summed E-state index contributed by atoms with van der Waals surface area (Å²) < 4.78 is 0. The van der Waals surface area contributed by atoms with Gasteiger partial charge in [0.15, 0.2) is 0 Å². The molecule has 5 heteroatoms. The molecule has 0 bridgehead atoms. The largest absolute Gasteiger partial charge is 0.347 e. The second-order valence-corrected chi connectivity index (χ2v) is 4.71. The van der Waals surface area contributed by atoms with Gasteiger partial charge in [0.05, 0.1) is 12.1 Å². The molecule has 0 unspecified atom stereocenters. The van der Waals surface area contributed by atoms with Crippen molar-refractivity contribution in [3.8, 4) is 6.07 Å². The van der Waals surface area contributed by atoms with Crippen LogP contribution in [-0.2, 0) is 4.79 Å². The SMILES string of the molecule is CN(C)C[C@@H](NC(=O)CC#N)c1ccc(Cl)cc1. The summed E-state index contributed by atoms with van der Waals surface area (Å²) in [6, 6.07) is 9.03. The van der Waals surface area contributed by atoms with Gasteiger partial charge in [-0.05, 0) is 31.8 Å². The normalized spacial score (nSPS) is 11.9. The number of hydrogen-bond acceptors (Lipinski definition) is 3. The molecular formula is C13H16ClN3O. The summed E-state index contributed by atoms with van der Waals surface area (Å²) in [5.74, 6) is -0.265. The molecule has 0 saturated carbocycles. The van der Waals surface area contributed by atoms with E-state index >= 15 is 0 Å². The van der Waals surface area contributed by atoms with E-state index in [0.717, 1.165) is 5.56 Å². The maximum atomic E-state index is 11.5. The average molecular weight is 266 g/mol. The van der Waals surface area contributed by atoms with Crippen molar-refractivity contribution in [2.75, 3.05) is 20.6 Å². The Balaban J connectivity index is 2.81. The Hall–Kier alpha value is -1.57. The lowest BCUT2D eigenvalue weighted by molar-refractivity contribution is -0.121. The Kier molecular flexibility index (Phi) is 5.63. The van der Waals surface area contributed by atoms with Gasteiger partial charge in [0, 0.05) is 11.6 Å². The van der Waals surface area contributed by atoms with Crippen LogP contribution in [0.15, 0.2) is 24.3 Å². The van der Waals surface area contributed by atoms with Crippen molar-refractivity contribution in [1.82, 2.24) is 10.2 Å². The summed E-state index contributed by atoms with van der Waals surface area (Å²) in [7, 11) is 3.86. The summed E-state index contributed by atoms with van der Waals surface area (Å²) in [6.07, 6.45) is -0.127. The third-order valence-electron chi connectivity index (χ3n) is 2.39. The highest BCUT2D eigenvalue weighted by Gasteiger charge is 2.15. The number of rotatable bonds is 5. The predicted molar refractivity (Wildman–Crippen MR) is 71.1 cm³/mol. The number of nitriles is 1. The second kappa shape index (κ2) is 7.00. The minimum atomic E-state index is -0.265. The number of nitrogens with zero attached hydrogens (tertiary/aromatic N) is 2. The predicted octanol–water partition coefficient (Wildman–Crippen LogP) is 1.97. The zero-order valence-electron chi connectivity index (χ0n) is 10.5. The van der Waals surface area contributed by atoms with Crippen LogP contribution in [0.1, 0.15) is 18.0 Å². The second-order valence-electron chi connectivity index (χ2n) is 4.27. The zero-order valence-corrected chi connectivity index (χ0v) is 11.2. The van der Waals surface area contributed by atoms with E-state index in [1.807, 2.05) is 37.2 Å². The molecule has 1 aromatic carbocycles. The molecule has 4 nitrogen and oxygen atoms in total. The summed E-state index contributed by atoms with van der Waals surface area (Å²) in [6.45, 7) is 0.665. The molecule has 0 saturated heterocycles. The number of benzene rings is 1. The van der Waals surface area contributed by atoms with E-state index in [2.05, 4.69) is 5.32 Å². The third kappa shape index (κ3) is 4.74. The van der Waals surface area contributed by atoms with Crippen molar-refractivity contribution >= 4 is 17.5 Å². The molecule has 18 heavy (non-hydrogen) atoms. The van der Waals surface area contributed by atoms with E-state index in [-0.39, 0.29) is 18.4 Å². The Bertz CT molecular complexity index is 437. The molecule has 96 valence electrons. The quantitative estimate of drug-likeness (QED) is 0.886. The monoisotopic (exact) mass is 265 g/mol. The van der Waals surface area contributed by atoms with Gasteiger partial charge in [-0.3, -0.25) is 4.79 Å². The van der Waals surface area contributed by atoms with Crippen molar-refractivity contribution in [3.63, 3.8) is 0 Å². The van der Waals surface area contributed by atoms with E-state index < -0.39 is 0 Å². The standard InChI is InChI=1S/C13H16ClN3O/c1-17(2)9-12(16-13(18)7-8-15)10-3-5-11(14)6-4-10/h3-6,12H,7,9H2,1-2H3,(H,16,18)/t12-/m1/s1. The van der Waals surface area contributed by atoms with E-state index in [1.54, 1.807) is 12.1 Å². The van der Waals surface area contributed by atoms with Crippen molar-refractivity contribution in [3.05, 3.63) is 34.9 Å². The fraction of sp³-hybridized carbons (Fsp3) is 0.385. The molecule has 1 amide bonds. The molecule has 0 heterocycles. The number of amides is 1. The minimum Gasteiger partial charge on any atom is -0.347 e. The van der Waals surface area contributed by atoms with Crippen LogP contribution in [0.4, 0.5) is 0 Å². The number of carbonyl (C=O) groups is 1. The number of carbonyl (C=O) groups excluding carboxylic acids is 1. The van der Waals surface area contributed by atoms with Gasteiger partial charge in [-0.15, -0.1) is 0 Å². The van der Waals surface area contributed by atoms with Gasteiger partial charge in [-0.25, -0.2) is 0 Å². The molecule has 0 radical (unpaired) electrons. The van der Waals surface area contributed by atoms with E-state index in [0.29, 0.717) is 11.6 Å². The fourth-order valence-electron chi connectivity index (χ4n) is 1.61. The van der Waals surface area contributed by atoms with Gasteiger partial charge in [0.2, 0.25) is 5.91 Å². The number of likely N-dealkylation sites (N-methyl/N-ethyl adjacent to an activating group) is 1. The van der Waals surface area contributed by atoms with Gasteiger partial charge in [0.25, 0.3) is 0 Å². The third-order valence-corrected chi connectivity index (χ3v) is 2.65. The summed E-state index contributed by atoms with van der Waals surface area (Å²) in [5, 5.41) is 12.0. The molecular weight excluding hydrogens is 250 g/mol. The highest BCUT2D eigenvalue weighted by atomic mass is 35.5. The van der Waals surface area contributed by atoms with Gasteiger partial charge < -0.3 is 10.2 Å². The first-order valence-corrected chi connectivity index (χ1v) is 5.97. The van der Waals surface area contributed by atoms with Crippen molar-refractivity contribution < 1.29 is 4.79 Å². The van der Waals surface area contributed by atoms with Crippen LogP contribution in [0, 0.1) is 11.3 Å². The molecule has 0 aliphatic rings. The van der Waals surface area contributed by atoms with E-state index in [1.165, 1.54) is 0 Å². The van der Waals surface area contributed by atoms with Gasteiger partial charge >= 0.3 is 0 Å². The smallest absolute Gasteiger partial charge is 0.234 e. The number of halogens is 1. The Morgan fingerprint density at radius 1 is 1.44 bits per heavy atom. The van der Waals surface area contributed by atoms with E-state index in [9.17, 15) is 4.79 Å². The van der Waals surface area contributed by atoms with Gasteiger partial charge in [-0.1, -0.05) is 23.7 Å². The van der Waals surface area contributed by atoms with E-state index in [4.69, 9.17) is 16.9 Å². The van der Waals surface area contributed by atoms with Gasteiger partial charge in [0.1, 0.15) is 6.42 Å². The fourth-order valence-corrected chi connectivity index (χ4v) is 1.74. The molecule has 1 atom stereocenters. The number of hydrogen-bond donors (Lipinski definition) is 1. The average Bonchev–Trinajstić information content (AvgIpc) is 2.28. The Morgan fingerprint density at radius 3 is 2.56 bits per heavy atom. The summed E-state index contributed by atoms with van der Waals surface area (Å²) in [5.41, 5.74) is 0.972. The summed E-state index contributed by atoms with van der Waals surface area (Å²) >= 11 is 5.84. The summed E-state index contributed by atoms with van der Waals surface area (Å²) in [4.78, 5) is 13.5. The lowest BCUT2D eigenvalue weighted by atomic mass is 10.1. The highest BCUT2D eigenvalue weighted by Crippen LogP contribution is 2.17. The highest BCUT2D eigenvalue weighted by molar-refractivity contribution is 6.30. The minimum absolute atomic E-state index is 0.127. The molecule has 0 aliphatic carbocycles. The van der Waals surface area contributed by atoms with Crippen LogP contribution in [0.5, 0.6) is 0 Å². The molecule has 0 fully saturated rings. The topological polar surface area (TPSA) is 56.1 Å². The Labute approximate surface area is 112 Å². The first kappa shape index (κ1) is 14.5. The van der Waals surface area contributed by atoms with Crippen molar-refractivity contribution in [1.29, 1.82) is 5.26 Å². The Morgan fingerprint density at radius 2 is 2.06 bits per heavy atom. The lowest BCUT2D eigenvalue weighted by Crippen LogP contribution is -2.35. The van der Waals surface area contributed by atoms with Crippen LogP contribution in [0.25, 0.3) is 0 Å². The lowest BCUT2D eigenvalue weighted by Gasteiger charge is -2.22. The maximum Gasteiger partial charge on any atom is 0.234 e.